The van der Waals surface area contributed by atoms with Gasteiger partial charge in [0.2, 0.25) is 0 Å². The van der Waals surface area contributed by atoms with Gasteiger partial charge in [-0.25, -0.2) is 0 Å². The fraction of sp³-hybridized carbons (Fsp3) is 0.625. The number of nitrogens with zero attached hydrogens (tertiary/aromatic N) is 1. The quantitative estimate of drug-likeness (QED) is 0.713. The summed E-state index contributed by atoms with van der Waals surface area (Å²) in [6.45, 7) is 4.85. The van der Waals surface area contributed by atoms with Crippen molar-refractivity contribution in [1.82, 2.24) is 4.90 Å². The Morgan fingerprint density at radius 1 is 1.18 bits per heavy atom. The van der Waals surface area contributed by atoms with Crippen LogP contribution >= 0.6 is 0 Å². The molecule has 2 unspecified atom stereocenters. The van der Waals surface area contributed by atoms with E-state index in [9.17, 15) is 0 Å². The number of fused-ring (bicyclic) bond motifs is 1. The molecule has 0 radical (unpaired) electrons. The molecule has 0 bridgehead atoms. The van der Waals surface area contributed by atoms with Gasteiger partial charge in [0.25, 0.3) is 0 Å². The monoisotopic (exact) mass is 229 g/mol. The Hall–Kier alpha value is -0.820. The van der Waals surface area contributed by atoms with Crippen LogP contribution in [-0.4, -0.2) is 25.0 Å². The third-order valence-electron chi connectivity index (χ3n) is 4.75. The van der Waals surface area contributed by atoms with E-state index in [0.717, 1.165) is 17.8 Å². The molecule has 0 spiro atoms. The molecule has 1 saturated heterocycles. The lowest BCUT2D eigenvalue weighted by Crippen LogP contribution is -2.25. The van der Waals surface area contributed by atoms with Crippen molar-refractivity contribution in [2.75, 3.05) is 20.1 Å². The van der Waals surface area contributed by atoms with Crippen LogP contribution in [0.4, 0.5) is 0 Å². The second kappa shape index (κ2) is 4.45. The summed E-state index contributed by atoms with van der Waals surface area (Å²) in [4.78, 5) is 2.53. The summed E-state index contributed by atoms with van der Waals surface area (Å²) in [5, 5.41) is 0. The number of aryl methyl sites for hydroxylation is 1. The first-order valence-corrected chi connectivity index (χ1v) is 6.99. The molecular formula is C16H23N. The Morgan fingerprint density at radius 3 is 2.88 bits per heavy atom. The van der Waals surface area contributed by atoms with Gasteiger partial charge in [-0.05, 0) is 50.1 Å². The lowest BCUT2D eigenvalue weighted by Gasteiger charge is -2.33. The molecule has 1 saturated carbocycles. The molecule has 1 aliphatic heterocycles. The van der Waals surface area contributed by atoms with Crippen molar-refractivity contribution >= 4 is 0 Å². The molecule has 2 aliphatic rings. The predicted octanol–water partition coefficient (Wildman–Crippen LogP) is 3.44. The van der Waals surface area contributed by atoms with E-state index in [2.05, 4.69) is 43.1 Å². The highest BCUT2D eigenvalue weighted by Gasteiger charge is 2.39. The van der Waals surface area contributed by atoms with Crippen molar-refractivity contribution in [3.8, 4) is 0 Å². The Balaban J connectivity index is 1.87. The molecule has 2 fully saturated rings. The maximum Gasteiger partial charge on any atom is 0.00157 e. The number of likely N-dealkylation sites (tertiary alicyclic amines) is 1. The normalized spacial score (nSPS) is 33.6. The first kappa shape index (κ1) is 11.3. The van der Waals surface area contributed by atoms with Gasteiger partial charge >= 0.3 is 0 Å². The Labute approximate surface area is 105 Å². The van der Waals surface area contributed by atoms with Crippen molar-refractivity contribution < 1.29 is 0 Å². The number of hydrogen-bond acceptors (Lipinski definition) is 1. The molecular weight excluding hydrogens is 206 g/mol. The van der Waals surface area contributed by atoms with Gasteiger partial charge in [-0.2, -0.15) is 0 Å². The topological polar surface area (TPSA) is 3.24 Å². The van der Waals surface area contributed by atoms with E-state index in [1.54, 1.807) is 5.56 Å². The highest BCUT2D eigenvalue weighted by molar-refractivity contribution is 5.27. The van der Waals surface area contributed by atoms with Gasteiger partial charge < -0.3 is 4.90 Å². The zero-order chi connectivity index (χ0) is 11.8. The van der Waals surface area contributed by atoms with Gasteiger partial charge in [-0.15, -0.1) is 0 Å². The maximum absolute atomic E-state index is 2.53. The third-order valence-corrected chi connectivity index (χ3v) is 4.75. The van der Waals surface area contributed by atoms with Crippen LogP contribution in [0.25, 0.3) is 0 Å². The third kappa shape index (κ3) is 2.13. The van der Waals surface area contributed by atoms with Gasteiger partial charge in [0, 0.05) is 13.1 Å². The van der Waals surface area contributed by atoms with Crippen LogP contribution in [0, 0.1) is 18.8 Å². The molecule has 3 rings (SSSR count). The summed E-state index contributed by atoms with van der Waals surface area (Å²) in [5.74, 6) is 2.69. The zero-order valence-corrected chi connectivity index (χ0v) is 11.0. The van der Waals surface area contributed by atoms with Crippen molar-refractivity contribution in [2.45, 2.75) is 32.1 Å². The standard InChI is InChI=1S/C16H23N/c1-12-5-3-6-13(9-12)15-8-4-7-14-10-17(2)11-16(14)15/h3,5-6,9,14-16H,4,7-8,10-11H2,1-2H3/t14?,15-,16?/m1/s1. The molecule has 1 aliphatic carbocycles. The van der Waals surface area contributed by atoms with Gasteiger partial charge in [0.05, 0.1) is 0 Å². The second-order valence-electron chi connectivity index (χ2n) is 6.10. The summed E-state index contributed by atoms with van der Waals surface area (Å²) >= 11 is 0. The lowest BCUT2D eigenvalue weighted by molar-refractivity contribution is 0.258. The fourth-order valence-electron chi connectivity index (χ4n) is 4.01. The number of hydrogen-bond donors (Lipinski definition) is 0. The average molecular weight is 229 g/mol. The van der Waals surface area contributed by atoms with Crippen LogP contribution in [0.15, 0.2) is 24.3 Å². The minimum atomic E-state index is 0.818. The summed E-state index contributed by atoms with van der Waals surface area (Å²) in [7, 11) is 2.28. The SMILES string of the molecule is Cc1cccc([C@H]2CCCC3CN(C)CC32)c1. The van der Waals surface area contributed by atoms with E-state index < -0.39 is 0 Å². The first-order valence-electron chi connectivity index (χ1n) is 6.99. The highest BCUT2D eigenvalue weighted by atomic mass is 15.1. The van der Waals surface area contributed by atoms with E-state index in [-0.39, 0.29) is 0 Å². The Bertz CT molecular complexity index is 398. The Kier molecular flexibility index (Phi) is 2.96. The smallest absolute Gasteiger partial charge is 0.00157 e. The van der Waals surface area contributed by atoms with E-state index in [1.807, 2.05) is 0 Å². The number of rotatable bonds is 1. The average Bonchev–Trinajstić information content (AvgIpc) is 2.68. The van der Waals surface area contributed by atoms with Gasteiger partial charge in [0.15, 0.2) is 0 Å². The first-order chi connectivity index (χ1) is 8.24. The second-order valence-corrected chi connectivity index (χ2v) is 6.10. The van der Waals surface area contributed by atoms with E-state index in [1.165, 1.54) is 37.9 Å². The van der Waals surface area contributed by atoms with Crippen molar-refractivity contribution in [1.29, 1.82) is 0 Å². The zero-order valence-electron chi connectivity index (χ0n) is 11.0. The molecule has 0 N–H and O–H groups in total. The van der Waals surface area contributed by atoms with Gasteiger partial charge in [0.1, 0.15) is 0 Å². The van der Waals surface area contributed by atoms with Crippen LogP contribution in [0.5, 0.6) is 0 Å². The molecule has 1 heteroatoms. The predicted molar refractivity (Wildman–Crippen MR) is 72.2 cm³/mol. The number of benzene rings is 1. The summed E-state index contributed by atoms with van der Waals surface area (Å²) in [5.41, 5.74) is 3.01. The summed E-state index contributed by atoms with van der Waals surface area (Å²) in [6, 6.07) is 9.20. The Morgan fingerprint density at radius 2 is 2.06 bits per heavy atom. The summed E-state index contributed by atoms with van der Waals surface area (Å²) < 4.78 is 0. The van der Waals surface area contributed by atoms with E-state index in [0.29, 0.717) is 0 Å². The molecule has 1 aromatic rings. The van der Waals surface area contributed by atoms with Gasteiger partial charge in [-0.1, -0.05) is 36.2 Å². The van der Waals surface area contributed by atoms with E-state index in [4.69, 9.17) is 0 Å². The molecule has 92 valence electrons. The molecule has 0 aromatic heterocycles. The molecule has 1 aromatic carbocycles. The van der Waals surface area contributed by atoms with Crippen LogP contribution in [-0.2, 0) is 0 Å². The van der Waals surface area contributed by atoms with E-state index >= 15 is 0 Å². The molecule has 1 nitrogen and oxygen atoms in total. The van der Waals surface area contributed by atoms with Crippen molar-refractivity contribution in [3.63, 3.8) is 0 Å². The highest BCUT2D eigenvalue weighted by Crippen LogP contribution is 2.44. The van der Waals surface area contributed by atoms with Crippen LogP contribution in [0.1, 0.15) is 36.3 Å². The van der Waals surface area contributed by atoms with Crippen LogP contribution in [0.2, 0.25) is 0 Å². The fourth-order valence-corrected chi connectivity index (χ4v) is 4.01. The lowest BCUT2D eigenvalue weighted by atomic mass is 9.71. The van der Waals surface area contributed by atoms with Gasteiger partial charge in [-0.3, -0.25) is 0 Å². The van der Waals surface area contributed by atoms with Crippen LogP contribution in [0.3, 0.4) is 0 Å². The molecule has 17 heavy (non-hydrogen) atoms. The van der Waals surface area contributed by atoms with Crippen LogP contribution < -0.4 is 0 Å². The van der Waals surface area contributed by atoms with Crippen molar-refractivity contribution in [2.24, 2.45) is 11.8 Å². The largest absolute Gasteiger partial charge is 0.306 e. The molecule has 3 atom stereocenters. The molecule has 0 amide bonds. The maximum atomic E-state index is 2.53. The summed E-state index contributed by atoms with van der Waals surface area (Å²) in [6.07, 6.45) is 4.28. The molecule has 1 heterocycles. The van der Waals surface area contributed by atoms with Crippen molar-refractivity contribution in [3.05, 3.63) is 35.4 Å². The minimum absolute atomic E-state index is 0.818. The minimum Gasteiger partial charge on any atom is -0.306 e.